The van der Waals surface area contributed by atoms with E-state index in [1.165, 1.54) is 13.2 Å². The summed E-state index contributed by atoms with van der Waals surface area (Å²) in [5.74, 6) is -0.146. The first-order chi connectivity index (χ1) is 9.94. The summed E-state index contributed by atoms with van der Waals surface area (Å²) in [6, 6.07) is 9.33. The number of aromatic nitrogens is 1. The SMILES string of the molecule is CCc1cccc(Nc2nc(OC)ccc2C(F)(F)F)c1. The molecule has 1 N–H and O–H groups in total. The summed E-state index contributed by atoms with van der Waals surface area (Å²) in [6.45, 7) is 1.98. The molecular formula is C15H15F3N2O. The molecule has 0 unspecified atom stereocenters. The maximum Gasteiger partial charge on any atom is 0.419 e. The quantitative estimate of drug-likeness (QED) is 0.907. The predicted octanol–water partition coefficient (Wildman–Crippen LogP) is 4.42. The maximum atomic E-state index is 13.0. The van der Waals surface area contributed by atoms with Crippen molar-refractivity contribution in [3.8, 4) is 5.88 Å². The Morgan fingerprint density at radius 1 is 1.19 bits per heavy atom. The van der Waals surface area contributed by atoms with Gasteiger partial charge in [-0.1, -0.05) is 19.1 Å². The van der Waals surface area contributed by atoms with Crippen molar-refractivity contribution < 1.29 is 17.9 Å². The van der Waals surface area contributed by atoms with Gasteiger partial charge in [-0.3, -0.25) is 0 Å². The average Bonchev–Trinajstić information content (AvgIpc) is 2.46. The average molecular weight is 296 g/mol. The Hall–Kier alpha value is -2.24. The molecule has 0 bridgehead atoms. The van der Waals surface area contributed by atoms with Crippen LogP contribution in [-0.4, -0.2) is 12.1 Å². The van der Waals surface area contributed by atoms with Gasteiger partial charge in [0.05, 0.1) is 12.7 Å². The second-order valence-electron chi connectivity index (χ2n) is 4.43. The fourth-order valence-corrected chi connectivity index (χ4v) is 1.88. The molecular weight excluding hydrogens is 281 g/mol. The summed E-state index contributed by atoms with van der Waals surface area (Å²) in [5.41, 5.74) is 0.752. The fraction of sp³-hybridized carbons (Fsp3) is 0.267. The molecule has 3 nitrogen and oxygen atoms in total. The van der Waals surface area contributed by atoms with Crippen molar-refractivity contribution in [3.63, 3.8) is 0 Å². The van der Waals surface area contributed by atoms with Gasteiger partial charge in [-0.15, -0.1) is 0 Å². The number of hydrogen-bond donors (Lipinski definition) is 1. The number of nitrogens with one attached hydrogen (secondary N) is 1. The number of benzene rings is 1. The molecule has 1 aromatic carbocycles. The first-order valence-electron chi connectivity index (χ1n) is 6.42. The molecule has 0 saturated heterocycles. The van der Waals surface area contributed by atoms with Crippen molar-refractivity contribution in [1.82, 2.24) is 4.98 Å². The van der Waals surface area contributed by atoms with Gasteiger partial charge in [0.25, 0.3) is 0 Å². The lowest BCUT2D eigenvalue weighted by molar-refractivity contribution is -0.137. The van der Waals surface area contributed by atoms with E-state index in [2.05, 4.69) is 10.3 Å². The molecule has 2 rings (SSSR count). The highest BCUT2D eigenvalue weighted by atomic mass is 19.4. The minimum Gasteiger partial charge on any atom is -0.481 e. The third-order valence-electron chi connectivity index (χ3n) is 2.98. The van der Waals surface area contributed by atoms with Crippen LogP contribution >= 0.6 is 0 Å². The van der Waals surface area contributed by atoms with Gasteiger partial charge in [0.2, 0.25) is 5.88 Å². The van der Waals surface area contributed by atoms with E-state index in [9.17, 15) is 13.2 Å². The van der Waals surface area contributed by atoms with Crippen molar-refractivity contribution >= 4 is 11.5 Å². The number of methoxy groups -OCH3 is 1. The van der Waals surface area contributed by atoms with Crippen LogP contribution in [0.15, 0.2) is 36.4 Å². The minimum absolute atomic E-state index is 0.122. The Morgan fingerprint density at radius 3 is 2.57 bits per heavy atom. The fourth-order valence-electron chi connectivity index (χ4n) is 1.88. The Bertz CT molecular complexity index is 627. The van der Waals surface area contributed by atoms with E-state index >= 15 is 0 Å². The van der Waals surface area contributed by atoms with Gasteiger partial charge in [0, 0.05) is 11.8 Å². The summed E-state index contributed by atoms with van der Waals surface area (Å²) in [7, 11) is 1.36. The first kappa shape index (κ1) is 15.2. The Balaban J connectivity index is 2.41. The lowest BCUT2D eigenvalue weighted by Crippen LogP contribution is -2.10. The van der Waals surface area contributed by atoms with E-state index in [0.717, 1.165) is 18.1 Å². The lowest BCUT2D eigenvalue weighted by Gasteiger charge is -2.15. The van der Waals surface area contributed by atoms with Crippen LogP contribution in [0.1, 0.15) is 18.1 Å². The summed E-state index contributed by atoms with van der Waals surface area (Å²) < 4.78 is 43.9. The summed E-state index contributed by atoms with van der Waals surface area (Å²) in [4.78, 5) is 3.86. The molecule has 0 atom stereocenters. The zero-order valence-electron chi connectivity index (χ0n) is 11.7. The van der Waals surface area contributed by atoms with E-state index in [1.54, 1.807) is 18.2 Å². The van der Waals surface area contributed by atoms with Crippen molar-refractivity contribution in [2.45, 2.75) is 19.5 Å². The molecule has 21 heavy (non-hydrogen) atoms. The monoisotopic (exact) mass is 296 g/mol. The molecule has 0 aliphatic carbocycles. The van der Waals surface area contributed by atoms with Gasteiger partial charge in [-0.05, 0) is 30.2 Å². The van der Waals surface area contributed by atoms with E-state index < -0.39 is 11.7 Å². The van der Waals surface area contributed by atoms with Crippen molar-refractivity contribution in [2.24, 2.45) is 0 Å². The van der Waals surface area contributed by atoms with Crippen LogP contribution in [0.3, 0.4) is 0 Å². The molecule has 0 amide bonds. The molecule has 0 radical (unpaired) electrons. The van der Waals surface area contributed by atoms with E-state index in [4.69, 9.17) is 4.74 Å². The number of anilines is 2. The maximum absolute atomic E-state index is 13.0. The topological polar surface area (TPSA) is 34.2 Å². The highest BCUT2D eigenvalue weighted by Gasteiger charge is 2.34. The van der Waals surface area contributed by atoms with Crippen LogP contribution in [0.4, 0.5) is 24.7 Å². The van der Waals surface area contributed by atoms with Crippen molar-refractivity contribution in [3.05, 3.63) is 47.5 Å². The van der Waals surface area contributed by atoms with Gasteiger partial charge in [-0.25, -0.2) is 0 Å². The highest BCUT2D eigenvalue weighted by molar-refractivity contribution is 5.61. The van der Waals surface area contributed by atoms with Crippen molar-refractivity contribution in [1.29, 1.82) is 0 Å². The standard InChI is InChI=1S/C15H15F3N2O/c1-3-10-5-4-6-11(9-10)19-14-12(15(16,17)18)7-8-13(20-14)21-2/h4-9H,3H2,1-2H3,(H,19,20). The number of ether oxygens (including phenoxy) is 1. The van der Waals surface area contributed by atoms with Crippen LogP contribution in [0.25, 0.3) is 0 Å². The van der Waals surface area contributed by atoms with Gasteiger partial charge in [-0.2, -0.15) is 18.2 Å². The van der Waals surface area contributed by atoms with E-state index in [0.29, 0.717) is 5.69 Å². The first-order valence-corrected chi connectivity index (χ1v) is 6.42. The lowest BCUT2D eigenvalue weighted by atomic mass is 10.1. The molecule has 0 saturated carbocycles. The third kappa shape index (κ3) is 3.65. The van der Waals surface area contributed by atoms with Gasteiger partial charge in [0.1, 0.15) is 5.82 Å². The number of rotatable bonds is 4. The number of hydrogen-bond acceptors (Lipinski definition) is 3. The molecule has 0 spiro atoms. The molecule has 6 heteroatoms. The normalized spacial score (nSPS) is 11.3. The largest absolute Gasteiger partial charge is 0.481 e. The van der Waals surface area contributed by atoms with E-state index in [1.807, 2.05) is 13.0 Å². The minimum atomic E-state index is -4.48. The second-order valence-corrected chi connectivity index (χ2v) is 4.43. The van der Waals surface area contributed by atoms with Gasteiger partial charge in [0.15, 0.2) is 0 Å². The van der Waals surface area contributed by atoms with E-state index in [-0.39, 0.29) is 11.7 Å². The van der Waals surface area contributed by atoms with Crippen molar-refractivity contribution in [2.75, 3.05) is 12.4 Å². The number of aryl methyl sites for hydroxylation is 1. The number of alkyl halides is 3. The highest BCUT2D eigenvalue weighted by Crippen LogP contribution is 2.36. The molecule has 1 aromatic heterocycles. The summed E-state index contributed by atoms with van der Waals surface area (Å²) >= 11 is 0. The molecule has 2 aromatic rings. The van der Waals surface area contributed by atoms with Crippen LogP contribution in [0.5, 0.6) is 5.88 Å². The van der Waals surface area contributed by atoms with Crippen LogP contribution in [0, 0.1) is 0 Å². The zero-order valence-corrected chi connectivity index (χ0v) is 11.7. The smallest absolute Gasteiger partial charge is 0.419 e. The van der Waals surface area contributed by atoms with Crippen LogP contribution < -0.4 is 10.1 Å². The van der Waals surface area contributed by atoms with Crippen LogP contribution in [-0.2, 0) is 12.6 Å². The van der Waals surface area contributed by atoms with Gasteiger partial charge < -0.3 is 10.1 Å². The molecule has 112 valence electrons. The van der Waals surface area contributed by atoms with Crippen LogP contribution in [0.2, 0.25) is 0 Å². The third-order valence-corrected chi connectivity index (χ3v) is 2.98. The number of halogens is 3. The molecule has 0 aliphatic rings. The molecule has 1 heterocycles. The number of nitrogens with zero attached hydrogens (tertiary/aromatic N) is 1. The predicted molar refractivity (Wildman–Crippen MR) is 74.9 cm³/mol. The Kier molecular flexibility index (Phi) is 4.35. The molecule has 0 aliphatic heterocycles. The Morgan fingerprint density at radius 2 is 1.95 bits per heavy atom. The van der Waals surface area contributed by atoms with Gasteiger partial charge >= 0.3 is 6.18 Å². The summed E-state index contributed by atoms with van der Waals surface area (Å²) in [5, 5.41) is 2.72. The molecule has 0 fully saturated rings. The summed E-state index contributed by atoms with van der Waals surface area (Å²) in [6.07, 6.45) is -3.68. The second kappa shape index (κ2) is 6.03. The zero-order chi connectivity index (χ0) is 15.5. The number of pyridine rings is 1. The Labute approximate surface area is 120 Å².